The number of anilines is 2. The number of nitrogens with zero attached hydrogens (tertiary/aromatic N) is 3. The molecule has 1 aliphatic heterocycles. The fourth-order valence-corrected chi connectivity index (χ4v) is 3.48. The normalized spacial score (nSPS) is 17.3. The quantitative estimate of drug-likeness (QED) is 0.947. The van der Waals surface area contributed by atoms with Gasteiger partial charge in [-0.05, 0) is 37.0 Å². The topological polar surface area (TPSA) is 58.1 Å². The Kier molecular flexibility index (Phi) is 3.69. The summed E-state index contributed by atoms with van der Waals surface area (Å²) in [5.74, 6) is 0.516. The molecule has 0 unspecified atom stereocenters. The van der Waals surface area contributed by atoms with Crippen molar-refractivity contribution in [3.05, 3.63) is 47.8 Å². The Morgan fingerprint density at radius 3 is 2.87 bits per heavy atom. The van der Waals surface area contributed by atoms with Gasteiger partial charge in [0.25, 0.3) is 5.91 Å². The number of amides is 1. The standard InChI is InChI=1S/C18H20N4O/c23-17(20-14-6-2-3-7-14)15-9-11-19-18(21-15)22-12-10-13-5-1-4-8-16(13)22/h1,4-5,8-9,11,14H,2-3,6-7,10,12H2,(H,20,23). The van der Waals surface area contributed by atoms with E-state index < -0.39 is 0 Å². The highest BCUT2D eigenvalue weighted by molar-refractivity contribution is 5.92. The Balaban J connectivity index is 1.56. The highest BCUT2D eigenvalue weighted by Gasteiger charge is 2.23. The van der Waals surface area contributed by atoms with Gasteiger partial charge in [-0.15, -0.1) is 0 Å². The van der Waals surface area contributed by atoms with Crippen molar-refractivity contribution < 1.29 is 4.79 Å². The lowest BCUT2D eigenvalue weighted by Gasteiger charge is -2.18. The van der Waals surface area contributed by atoms with Crippen LogP contribution in [0.15, 0.2) is 36.5 Å². The molecule has 23 heavy (non-hydrogen) atoms. The summed E-state index contributed by atoms with van der Waals surface area (Å²) in [5.41, 5.74) is 2.89. The maximum absolute atomic E-state index is 12.4. The summed E-state index contributed by atoms with van der Waals surface area (Å²) < 4.78 is 0. The minimum absolute atomic E-state index is 0.0898. The van der Waals surface area contributed by atoms with Crippen molar-refractivity contribution >= 4 is 17.5 Å². The van der Waals surface area contributed by atoms with Crippen molar-refractivity contribution in [1.29, 1.82) is 0 Å². The zero-order chi connectivity index (χ0) is 15.6. The van der Waals surface area contributed by atoms with Crippen LogP contribution in [0.25, 0.3) is 0 Å². The molecule has 0 saturated heterocycles. The molecule has 2 aliphatic rings. The lowest BCUT2D eigenvalue weighted by Crippen LogP contribution is -2.33. The number of rotatable bonds is 3. The van der Waals surface area contributed by atoms with E-state index in [0.29, 0.717) is 17.7 Å². The Morgan fingerprint density at radius 1 is 1.17 bits per heavy atom. The molecular weight excluding hydrogens is 288 g/mol. The number of aromatic nitrogens is 2. The van der Waals surface area contributed by atoms with Gasteiger partial charge in [-0.2, -0.15) is 0 Å². The highest BCUT2D eigenvalue weighted by atomic mass is 16.1. The summed E-state index contributed by atoms with van der Waals surface area (Å²) in [7, 11) is 0. The molecule has 1 saturated carbocycles. The number of para-hydroxylation sites is 1. The first-order valence-electron chi connectivity index (χ1n) is 8.30. The van der Waals surface area contributed by atoms with Gasteiger partial charge in [-0.25, -0.2) is 9.97 Å². The van der Waals surface area contributed by atoms with Gasteiger partial charge in [-0.1, -0.05) is 31.0 Å². The number of carbonyl (C=O) groups is 1. The lowest BCUT2D eigenvalue weighted by atomic mass is 10.2. The molecular formula is C18H20N4O. The predicted molar refractivity (Wildman–Crippen MR) is 88.9 cm³/mol. The smallest absolute Gasteiger partial charge is 0.270 e. The van der Waals surface area contributed by atoms with E-state index in [4.69, 9.17) is 0 Å². The monoisotopic (exact) mass is 308 g/mol. The van der Waals surface area contributed by atoms with Crippen molar-refractivity contribution in [2.75, 3.05) is 11.4 Å². The molecule has 0 bridgehead atoms. The molecule has 5 nitrogen and oxygen atoms in total. The van der Waals surface area contributed by atoms with Crippen molar-refractivity contribution in [3.8, 4) is 0 Å². The molecule has 0 spiro atoms. The van der Waals surface area contributed by atoms with E-state index in [2.05, 4.69) is 38.4 Å². The summed E-state index contributed by atoms with van der Waals surface area (Å²) in [6.45, 7) is 0.854. The molecule has 1 amide bonds. The fraction of sp³-hybridized carbons (Fsp3) is 0.389. The largest absolute Gasteiger partial charge is 0.348 e. The lowest BCUT2D eigenvalue weighted by molar-refractivity contribution is 0.0932. The van der Waals surface area contributed by atoms with E-state index in [1.807, 2.05) is 6.07 Å². The van der Waals surface area contributed by atoms with Crippen LogP contribution in [0.2, 0.25) is 0 Å². The number of hydrogen-bond donors (Lipinski definition) is 1. The summed E-state index contributed by atoms with van der Waals surface area (Å²) in [5, 5.41) is 3.08. The molecule has 1 aromatic carbocycles. The van der Waals surface area contributed by atoms with E-state index in [9.17, 15) is 4.79 Å². The zero-order valence-corrected chi connectivity index (χ0v) is 13.0. The third-order valence-corrected chi connectivity index (χ3v) is 4.69. The molecule has 0 radical (unpaired) electrons. The maximum atomic E-state index is 12.4. The van der Waals surface area contributed by atoms with Gasteiger partial charge in [0.1, 0.15) is 5.69 Å². The average molecular weight is 308 g/mol. The number of benzene rings is 1. The maximum Gasteiger partial charge on any atom is 0.270 e. The number of nitrogens with one attached hydrogen (secondary N) is 1. The van der Waals surface area contributed by atoms with Crippen LogP contribution < -0.4 is 10.2 Å². The van der Waals surface area contributed by atoms with Gasteiger partial charge < -0.3 is 10.2 Å². The van der Waals surface area contributed by atoms with Crippen molar-refractivity contribution in [1.82, 2.24) is 15.3 Å². The molecule has 1 fully saturated rings. The van der Waals surface area contributed by atoms with Gasteiger partial charge in [0, 0.05) is 24.5 Å². The second-order valence-corrected chi connectivity index (χ2v) is 6.23. The van der Waals surface area contributed by atoms with E-state index in [1.54, 1.807) is 12.3 Å². The molecule has 2 aromatic rings. The first-order valence-corrected chi connectivity index (χ1v) is 8.30. The van der Waals surface area contributed by atoms with Crippen molar-refractivity contribution in [3.63, 3.8) is 0 Å². The molecule has 1 N–H and O–H groups in total. The number of hydrogen-bond acceptors (Lipinski definition) is 4. The Bertz CT molecular complexity index is 724. The van der Waals surface area contributed by atoms with Crippen molar-refractivity contribution in [2.45, 2.75) is 38.1 Å². The molecule has 5 heteroatoms. The van der Waals surface area contributed by atoms with E-state index >= 15 is 0 Å². The van der Waals surface area contributed by atoms with Crippen LogP contribution >= 0.6 is 0 Å². The van der Waals surface area contributed by atoms with Gasteiger partial charge in [-0.3, -0.25) is 4.79 Å². The zero-order valence-electron chi connectivity index (χ0n) is 13.0. The van der Waals surface area contributed by atoms with Crippen LogP contribution in [0.4, 0.5) is 11.6 Å². The summed E-state index contributed by atoms with van der Waals surface area (Å²) in [4.78, 5) is 23.3. The Hall–Kier alpha value is -2.43. The second kappa shape index (κ2) is 5.99. The Morgan fingerprint density at radius 2 is 2.00 bits per heavy atom. The van der Waals surface area contributed by atoms with E-state index in [0.717, 1.165) is 31.5 Å². The number of carbonyl (C=O) groups excluding carboxylic acids is 1. The highest BCUT2D eigenvalue weighted by Crippen LogP contribution is 2.32. The molecule has 0 atom stereocenters. The van der Waals surface area contributed by atoms with Crippen LogP contribution in [0.5, 0.6) is 0 Å². The molecule has 1 aliphatic carbocycles. The first kappa shape index (κ1) is 14.2. The summed E-state index contributed by atoms with van der Waals surface area (Å²) >= 11 is 0. The van der Waals surface area contributed by atoms with Gasteiger partial charge in [0.2, 0.25) is 5.95 Å². The van der Waals surface area contributed by atoms with Crippen LogP contribution in [-0.2, 0) is 6.42 Å². The third kappa shape index (κ3) is 2.79. The van der Waals surface area contributed by atoms with E-state index in [-0.39, 0.29) is 5.91 Å². The average Bonchev–Trinajstić information content (AvgIpc) is 3.24. The van der Waals surface area contributed by atoms with E-state index in [1.165, 1.54) is 18.4 Å². The SMILES string of the molecule is O=C(NC1CCCC1)c1ccnc(N2CCc3ccccc32)n1. The van der Waals surface area contributed by atoms with Crippen molar-refractivity contribution in [2.24, 2.45) is 0 Å². The minimum atomic E-state index is -0.0898. The first-order chi connectivity index (χ1) is 11.3. The molecule has 118 valence electrons. The third-order valence-electron chi connectivity index (χ3n) is 4.69. The second-order valence-electron chi connectivity index (χ2n) is 6.23. The predicted octanol–water partition coefficient (Wildman–Crippen LogP) is 2.84. The number of fused-ring (bicyclic) bond motifs is 1. The minimum Gasteiger partial charge on any atom is -0.348 e. The molecule has 2 heterocycles. The molecule has 1 aromatic heterocycles. The summed E-state index contributed by atoms with van der Waals surface area (Å²) in [6, 6.07) is 10.3. The molecule has 4 rings (SSSR count). The van der Waals surface area contributed by atoms with Crippen LogP contribution in [0.1, 0.15) is 41.7 Å². The van der Waals surface area contributed by atoms with Gasteiger partial charge >= 0.3 is 0 Å². The summed E-state index contributed by atoms with van der Waals surface area (Å²) in [6.07, 6.45) is 7.20. The van der Waals surface area contributed by atoms with Crippen LogP contribution in [0, 0.1) is 0 Å². The fourth-order valence-electron chi connectivity index (χ4n) is 3.48. The van der Waals surface area contributed by atoms with Gasteiger partial charge in [0.05, 0.1) is 0 Å². The van der Waals surface area contributed by atoms with Gasteiger partial charge in [0.15, 0.2) is 0 Å². The van der Waals surface area contributed by atoms with Crippen LogP contribution in [0.3, 0.4) is 0 Å². The van der Waals surface area contributed by atoms with Crippen LogP contribution in [-0.4, -0.2) is 28.5 Å². The Labute approximate surface area is 135 Å².